The summed E-state index contributed by atoms with van der Waals surface area (Å²) in [5.74, 6) is -0.954. The summed E-state index contributed by atoms with van der Waals surface area (Å²) >= 11 is 11.8. The molecule has 140 valence electrons. The molecule has 0 atom stereocenters. The van der Waals surface area contributed by atoms with Crippen molar-refractivity contribution in [2.45, 2.75) is 6.18 Å². The van der Waals surface area contributed by atoms with Gasteiger partial charge in [0.15, 0.2) is 6.61 Å². The van der Waals surface area contributed by atoms with Crippen LogP contribution in [0.2, 0.25) is 10.0 Å². The van der Waals surface area contributed by atoms with Crippen molar-refractivity contribution in [2.24, 2.45) is 0 Å². The Morgan fingerprint density at radius 2 is 1.96 bits per heavy atom. The molecule has 5 nitrogen and oxygen atoms in total. The van der Waals surface area contributed by atoms with Crippen LogP contribution >= 0.6 is 23.2 Å². The van der Waals surface area contributed by atoms with Gasteiger partial charge in [0, 0.05) is 25.3 Å². The third-order valence-electron chi connectivity index (χ3n) is 3.13. The minimum absolute atomic E-state index is 0.0547. The maximum absolute atomic E-state index is 12.4. The summed E-state index contributed by atoms with van der Waals surface area (Å²) in [5.41, 5.74) is 1.23. The molecule has 2 aromatic rings. The van der Waals surface area contributed by atoms with Crippen molar-refractivity contribution < 1.29 is 22.7 Å². The first-order chi connectivity index (χ1) is 12.1. The van der Waals surface area contributed by atoms with Gasteiger partial charge in [-0.25, -0.2) is 4.98 Å². The second-order valence-electron chi connectivity index (χ2n) is 5.42. The number of carbonyl (C=O) groups is 1. The van der Waals surface area contributed by atoms with E-state index in [2.05, 4.69) is 15.0 Å². The largest absolute Gasteiger partial charge is 0.467 e. The molecule has 26 heavy (non-hydrogen) atoms. The molecule has 1 amide bonds. The summed E-state index contributed by atoms with van der Waals surface area (Å²) in [6.07, 6.45) is -3.44. The number of amides is 1. The number of hydrogen-bond acceptors (Lipinski definition) is 4. The topological polar surface area (TPSA) is 54.5 Å². The van der Waals surface area contributed by atoms with Crippen LogP contribution in [-0.2, 0) is 0 Å². The maximum atomic E-state index is 12.4. The molecule has 0 aliphatic rings. The number of carbonyl (C=O) groups excluding carboxylic acids is 1. The van der Waals surface area contributed by atoms with E-state index in [1.54, 1.807) is 37.2 Å². The Morgan fingerprint density at radius 3 is 2.54 bits per heavy atom. The van der Waals surface area contributed by atoms with Crippen LogP contribution in [0, 0.1) is 0 Å². The van der Waals surface area contributed by atoms with Gasteiger partial charge < -0.3 is 15.0 Å². The molecular formula is C16H14Cl2F3N3O2. The van der Waals surface area contributed by atoms with Gasteiger partial charge in [0.25, 0.3) is 5.91 Å². The van der Waals surface area contributed by atoms with E-state index in [9.17, 15) is 18.0 Å². The van der Waals surface area contributed by atoms with E-state index < -0.39 is 24.6 Å². The summed E-state index contributed by atoms with van der Waals surface area (Å²) in [5, 5.41) is 2.89. The predicted octanol–water partition coefficient (Wildman–Crippen LogP) is 4.65. The third-order valence-corrected chi connectivity index (χ3v) is 3.64. The van der Waals surface area contributed by atoms with Gasteiger partial charge in [0.2, 0.25) is 5.88 Å². The van der Waals surface area contributed by atoms with Gasteiger partial charge in [-0.3, -0.25) is 4.79 Å². The molecule has 1 aromatic heterocycles. The van der Waals surface area contributed by atoms with Crippen LogP contribution in [0.4, 0.5) is 24.5 Å². The highest BCUT2D eigenvalue weighted by atomic mass is 35.5. The average Bonchev–Trinajstić information content (AvgIpc) is 2.52. The normalized spacial score (nSPS) is 11.2. The van der Waals surface area contributed by atoms with Gasteiger partial charge in [0.05, 0.1) is 16.9 Å². The van der Waals surface area contributed by atoms with Crippen molar-refractivity contribution in [3.63, 3.8) is 0 Å². The zero-order chi connectivity index (χ0) is 19.5. The number of benzene rings is 1. The molecule has 0 unspecified atom stereocenters. The molecule has 1 N–H and O–H groups in total. The lowest BCUT2D eigenvalue weighted by Gasteiger charge is -2.18. The summed E-state index contributed by atoms with van der Waals surface area (Å²) < 4.78 is 41.0. The van der Waals surface area contributed by atoms with Crippen LogP contribution in [0.25, 0.3) is 0 Å². The molecule has 0 fully saturated rings. The molecule has 0 saturated carbocycles. The number of nitrogens with one attached hydrogen (secondary N) is 1. The van der Waals surface area contributed by atoms with Crippen molar-refractivity contribution in [3.05, 3.63) is 46.1 Å². The lowest BCUT2D eigenvalue weighted by atomic mass is 10.2. The monoisotopic (exact) mass is 407 g/mol. The van der Waals surface area contributed by atoms with Crippen molar-refractivity contribution in [1.82, 2.24) is 4.98 Å². The second kappa shape index (κ2) is 8.01. The molecule has 0 saturated heterocycles. The van der Waals surface area contributed by atoms with Gasteiger partial charge >= 0.3 is 6.18 Å². The van der Waals surface area contributed by atoms with Crippen LogP contribution in [0.1, 0.15) is 10.4 Å². The predicted molar refractivity (Wildman–Crippen MR) is 94.5 cm³/mol. The number of rotatable bonds is 5. The Hall–Kier alpha value is -2.19. The highest BCUT2D eigenvalue weighted by Gasteiger charge is 2.29. The summed E-state index contributed by atoms with van der Waals surface area (Å²) in [7, 11) is 3.59. The number of anilines is 2. The quantitative estimate of drug-likeness (QED) is 0.783. The van der Waals surface area contributed by atoms with E-state index in [-0.39, 0.29) is 10.6 Å². The molecule has 0 radical (unpaired) electrons. The lowest BCUT2D eigenvalue weighted by molar-refractivity contribution is -0.154. The molecule has 1 aromatic carbocycles. The minimum Gasteiger partial charge on any atom is -0.467 e. The van der Waals surface area contributed by atoms with Gasteiger partial charge in [0.1, 0.15) is 5.02 Å². The molecule has 10 heteroatoms. The average molecular weight is 408 g/mol. The number of halogens is 5. The van der Waals surface area contributed by atoms with E-state index in [1.807, 2.05) is 0 Å². The van der Waals surface area contributed by atoms with E-state index in [0.717, 1.165) is 6.20 Å². The van der Waals surface area contributed by atoms with Crippen molar-refractivity contribution >= 4 is 40.5 Å². The summed E-state index contributed by atoms with van der Waals surface area (Å²) in [6, 6.07) is 6.16. The third kappa shape index (κ3) is 5.40. The molecule has 0 spiro atoms. The van der Waals surface area contributed by atoms with Crippen molar-refractivity contribution in [2.75, 3.05) is 30.9 Å². The molecule has 0 aliphatic heterocycles. The van der Waals surface area contributed by atoms with E-state index >= 15 is 0 Å². The summed E-state index contributed by atoms with van der Waals surface area (Å²) in [4.78, 5) is 17.8. The highest BCUT2D eigenvalue weighted by Crippen LogP contribution is 2.29. The molecular weight excluding hydrogens is 394 g/mol. The van der Waals surface area contributed by atoms with Crippen LogP contribution in [0.15, 0.2) is 30.5 Å². The molecule has 2 rings (SSSR count). The van der Waals surface area contributed by atoms with Crippen LogP contribution in [0.3, 0.4) is 0 Å². The highest BCUT2D eigenvalue weighted by molar-refractivity contribution is 6.32. The van der Waals surface area contributed by atoms with Crippen molar-refractivity contribution in [1.29, 1.82) is 0 Å². The summed E-state index contributed by atoms with van der Waals surface area (Å²) in [6.45, 7) is -1.53. The number of aromatic nitrogens is 1. The Bertz CT molecular complexity index is 814. The lowest BCUT2D eigenvalue weighted by Crippen LogP contribution is -2.20. The van der Waals surface area contributed by atoms with Crippen LogP contribution < -0.4 is 15.0 Å². The maximum Gasteiger partial charge on any atom is 0.422 e. The number of hydrogen-bond donors (Lipinski definition) is 1. The number of nitrogens with zero attached hydrogens (tertiary/aromatic N) is 2. The van der Waals surface area contributed by atoms with Gasteiger partial charge in [-0.1, -0.05) is 23.2 Å². The fourth-order valence-electron chi connectivity index (χ4n) is 2.00. The van der Waals surface area contributed by atoms with E-state index in [4.69, 9.17) is 23.2 Å². The smallest absolute Gasteiger partial charge is 0.422 e. The number of alkyl halides is 3. The second-order valence-corrected chi connectivity index (χ2v) is 6.27. The molecule has 0 bridgehead atoms. The minimum atomic E-state index is -4.52. The number of ether oxygens (including phenoxy) is 1. The SMILES string of the molecule is CN(C)c1ccc(Cl)cc1NC(=O)c1cnc(OCC(F)(F)F)c(Cl)c1. The van der Waals surface area contributed by atoms with Gasteiger partial charge in [-0.2, -0.15) is 13.2 Å². The Labute approximate surface area is 157 Å². The van der Waals surface area contributed by atoms with Gasteiger partial charge in [-0.15, -0.1) is 0 Å². The Kier molecular flexibility index (Phi) is 6.20. The molecule has 0 aliphatic carbocycles. The van der Waals surface area contributed by atoms with E-state index in [1.165, 1.54) is 6.07 Å². The van der Waals surface area contributed by atoms with Crippen molar-refractivity contribution in [3.8, 4) is 5.88 Å². The zero-order valence-corrected chi connectivity index (χ0v) is 15.2. The first-order valence-corrected chi connectivity index (χ1v) is 7.96. The Balaban J connectivity index is 2.18. The molecule has 1 heterocycles. The first-order valence-electron chi connectivity index (χ1n) is 7.20. The first kappa shape index (κ1) is 20.1. The standard InChI is InChI=1S/C16H14Cl2F3N3O2/c1-24(2)13-4-3-10(17)6-12(13)23-14(25)9-5-11(18)15(22-7-9)26-8-16(19,20)21/h3-7H,8H2,1-2H3,(H,23,25). The fraction of sp³-hybridized carbons (Fsp3) is 0.250. The van der Waals surface area contributed by atoms with Crippen LogP contribution in [-0.4, -0.2) is 37.8 Å². The van der Waals surface area contributed by atoms with Crippen LogP contribution in [0.5, 0.6) is 5.88 Å². The van der Waals surface area contributed by atoms with E-state index in [0.29, 0.717) is 16.4 Å². The number of pyridine rings is 1. The fourth-order valence-corrected chi connectivity index (χ4v) is 2.39. The zero-order valence-electron chi connectivity index (χ0n) is 13.7. The van der Waals surface area contributed by atoms with Gasteiger partial charge in [-0.05, 0) is 24.3 Å². The Morgan fingerprint density at radius 1 is 1.27 bits per heavy atom.